The number of pyridine rings is 1. The van der Waals surface area contributed by atoms with Gasteiger partial charge in [0.2, 0.25) is 0 Å². The molecular formula is C19H18N2O2. The van der Waals surface area contributed by atoms with Gasteiger partial charge in [0.05, 0.1) is 12.3 Å². The van der Waals surface area contributed by atoms with Crippen LogP contribution in [0.5, 0.6) is 11.5 Å². The van der Waals surface area contributed by atoms with Crippen LogP contribution in [0.4, 0.5) is 5.69 Å². The van der Waals surface area contributed by atoms with E-state index < -0.39 is 0 Å². The fourth-order valence-electron chi connectivity index (χ4n) is 2.22. The lowest BCUT2D eigenvalue weighted by Gasteiger charge is -2.10. The molecule has 1 aromatic heterocycles. The SMILES string of the molecule is OCc1cc(NCc2cccc(Oc3ccccc3)c2)ccn1. The summed E-state index contributed by atoms with van der Waals surface area (Å²) < 4.78 is 5.84. The Labute approximate surface area is 135 Å². The van der Waals surface area contributed by atoms with Crippen molar-refractivity contribution < 1.29 is 9.84 Å². The standard InChI is InChI=1S/C19H18N2O2/c22-14-17-12-16(9-10-20-17)21-13-15-5-4-8-19(11-15)23-18-6-2-1-3-7-18/h1-12,22H,13-14H2,(H,20,21). The summed E-state index contributed by atoms with van der Waals surface area (Å²) in [6, 6.07) is 21.4. The molecule has 0 radical (unpaired) electrons. The van der Waals surface area contributed by atoms with E-state index in [-0.39, 0.29) is 6.61 Å². The van der Waals surface area contributed by atoms with Crippen LogP contribution in [0, 0.1) is 0 Å². The highest BCUT2D eigenvalue weighted by Crippen LogP contribution is 2.22. The van der Waals surface area contributed by atoms with Crippen LogP contribution in [0.3, 0.4) is 0 Å². The molecule has 0 unspecified atom stereocenters. The zero-order valence-electron chi connectivity index (χ0n) is 12.6. The van der Waals surface area contributed by atoms with Gasteiger partial charge in [0, 0.05) is 18.4 Å². The van der Waals surface area contributed by atoms with Crippen molar-refractivity contribution in [2.75, 3.05) is 5.32 Å². The third-order valence-electron chi connectivity index (χ3n) is 3.35. The van der Waals surface area contributed by atoms with Crippen molar-refractivity contribution in [3.63, 3.8) is 0 Å². The van der Waals surface area contributed by atoms with E-state index in [1.165, 1.54) is 0 Å². The largest absolute Gasteiger partial charge is 0.457 e. The number of hydrogen-bond acceptors (Lipinski definition) is 4. The molecule has 4 heteroatoms. The second-order valence-corrected chi connectivity index (χ2v) is 5.11. The average Bonchev–Trinajstić information content (AvgIpc) is 2.61. The number of nitrogens with one attached hydrogen (secondary N) is 1. The Morgan fingerprint density at radius 2 is 1.74 bits per heavy atom. The molecule has 116 valence electrons. The average molecular weight is 306 g/mol. The predicted octanol–water partition coefficient (Wildman–Crippen LogP) is 3.98. The molecule has 1 heterocycles. The van der Waals surface area contributed by atoms with Crippen molar-refractivity contribution in [2.45, 2.75) is 13.2 Å². The van der Waals surface area contributed by atoms with Gasteiger partial charge < -0.3 is 15.2 Å². The third-order valence-corrected chi connectivity index (χ3v) is 3.35. The summed E-state index contributed by atoms with van der Waals surface area (Å²) in [4.78, 5) is 4.06. The molecule has 0 saturated carbocycles. The third kappa shape index (κ3) is 4.31. The number of benzene rings is 2. The number of rotatable bonds is 6. The Morgan fingerprint density at radius 3 is 2.57 bits per heavy atom. The van der Waals surface area contributed by atoms with E-state index in [1.54, 1.807) is 6.20 Å². The first-order chi connectivity index (χ1) is 11.3. The van der Waals surface area contributed by atoms with Crippen LogP contribution in [0.25, 0.3) is 0 Å². The van der Waals surface area contributed by atoms with E-state index in [0.717, 1.165) is 22.7 Å². The number of aliphatic hydroxyl groups is 1. The monoisotopic (exact) mass is 306 g/mol. The van der Waals surface area contributed by atoms with E-state index >= 15 is 0 Å². The van der Waals surface area contributed by atoms with Crippen LogP contribution < -0.4 is 10.1 Å². The highest BCUT2D eigenvalue weighted by Gasteiger charge is 2.00. The van der Waals surface area contributed by atoms with Crippen LogP contribution in [-0.4, -0.2) is 10.1 Å². The maximum atomic E-state index is 9.12. The minimum Gasteiger partial charge on any atom is -0.457 e. The molecule has 0 fully saturated rings. The fourth-order valence-corrected chi connectivity index (χ4v) is 2.22. The topological polar surface area (TPSA) is 54.4 Å². The number of nitrogens with zero attached hydrogens (tertiary/aromatic N) is 1. The molecule has 0 aliphatic rings. The smallest absolute Gasteiger partial charge is 0.127 e. The number of hydrogen-bond donors (Lipinski definition) is 2. The summed E-state index contributed by atoms with van der Waals surface area (Å²) in [5, 5.41) is 12.4. The zero-order valence-corrected chi connectivity index (χ0v) is 12.6. The first-order valence-corrected chi connectivity index (χ1v) is 7.45. The Kier molecular flexibility index (Phi) is 4.86. The zero-order chi connectivity index (χ0) is 15.9. The molecule has 3 rings (SSSR count). The molecule has 23 heavy (non-hydrogen) atoms. The van der Waals surface area contributed by atoms with Crippen LogP contribution in [0.15, 0.2) is 72.9 Å². The summed E-state index contributed by atoms with van der Waals surface area (Å²) >= 11 is 0. The van der Waals surface area contributed by atoms with Crippen LogP contribution in [-0.2, 0) is 13.2 Å². The highest BCUT2D eigenvalue weighted by molar-refractivity contribution is 5.44. The Morgan fingerprint density at radius 1 is 0.913 bits per heavy atom. The normalized spacial score (nSPS) is 10.3. The molecule has 0 atom stereocenters. The van der Waals surface area contributed by atoms with Gasteiger partial charge in [-0.25, -0.2) is 0 Å². The second-order valence-electron chi connectivity index (χ2n) is 5.11. The van der Waals surface area contributed by atoms with Gasteiger partial charge in [-0.15, -0.1) is 0 Å². The molecule has 3 aromatic rings. The molecule has 0 bridgehead atoms. The second kappa shape index (κ2) is 7.42. The predicted molar refractivity (Wildman–Crippen MR) is 90.4 cm³/mol. The maximum absolute atomic E-state index is 9.12. The van der Waals surface area contributed by atoms with Crippen LogP contribution in [0.2, 0.25) is 0 Å². The summed E-state index contributed by atoms with van der Waals surface area (Å²) in [6.07, 6.45) is 1.68. The quantitative estimate of drug-likeness (QED) is 0.723. The van der Waals surface area contributed by atoms with E-state index in [9.17, 15) is 0 Å². The van der Waals surface area contributed by atoms with Gasteiger partial charge in [0.15, 0.2) is 0 Å². The van der Waals surface area contributed by atoms with Gasteiger partial charge in [0.1, 0.15) is 11.5 Å². The summed E-state index contributed by atoms with van der Waals surface area (Å²) in [5.41, 5.74) is 2.69. The Bertz CT molecular complexity index is 760. The molecule has 0 aliphatic heterocycles. The maximum Gasteiger partial charge on any atom is 0.127 e. The number of ether oxygens (including phenoxy) is 1. The van der Waals surface area contributed by atoms with Crippen molar-refractivity contribution >= 4 is 5.69 Å². The molecule has 0 spiro atoms. The first-order valence-electron chi connectivity index (χ1n) is 7.45. The number of anilines is 1. The van der Waals surface area contributed by atoms with Gasteiger partial charge in [0.25, 0.3) is 0 Å². The Balaban J connectivity index is 1.65. The van der Waals surface area contributed by atoms with Gasteiger partial charge in [-0.05, 0) is 42.0 Å². The lowest BCUT2D eigenvalue weighted by molar-refractivity contribution is 0.277. The summed E-state index contributed by atoms with van der Waals surface area (Å²) in [6.45, 7) is 0.608. The van der Waals surface area contributed by atoms with Crippen molar-refractivity contribution in [1.29, 1.82) is 0 Å². The van der Waals surface area contributed by atoms with E-state index in [0.29, 0.717) is 12.2 Å². The molecule has 0 aliphatic carbocycles. The lowest BCUT2D eigenvalue weighted by atomic mass is 10.2. The lowest BCUT2D eigenvalue weighted by Crippen LogP contribution is -2.01. The van der Waals surface area contributed by atoms with Gasteiger partial charge >= 0.3 is 0 Å². The molecule has 4 nitrogen and oxygen atoms in total. The fraction of sp³-hybridized carbons (Fsp3) is 0.105. The highest BCUT2D eigenvalue weighted by atomic mass is 16.5. The van der Waals surface area contributed by atoms with Crippen molar-refractivity contribution in [1.82, 2.24) is 4.98 Å². The molecule has 2 N–H and O–H groups in total. The van der Waals surface area contributed by atoms with E-state index in [1.807, 2.05) is 66.7 Å². The number of aromatic nitrogens is 1. The van der Waals surface area contributed by atoms with Gasteiger partial charge in [-0.1, -0.05) is 30.3 Å². The van der Waals surface area contributed by atoms with Crippen molar-refractivity contribution in [2.24, 2.45) is 0 Å². The number of aliphatic hydroxyl groups excluding tert-OH is 1. The minimum absolute atomic E-state index is 0.0596. The van der Waals surface area contributed by atoms with Gasteiger partial charge in [-0.3, -0.25) is 4.98 Å². The molecule has 2 aromatic carbocycles. The molecule has 0 saturated heterocycles. The molecular weight excluding hydrogens is 288 g/mol. The summed E-state index contributed by atoms with van der Waals surface area (Å²) in [7, 11) is 0. The van der Waals surface area contributed by atoms with E-state index in [4.69, 9.17) is 9.84 Å². The Hall–Kier alpha value is -2.85. The first kappa shape index (κ1) is 15.1. The van der Waals surface area contributed by atoms with Crippen LogP contribution in [0.1, 0.15) is 11.3 Å². The number of para-hydroxylation sites is 1. The van der Waals surface area contributed by atoms with Crippen molar-refractivity contribution in [3.05, 3.63) is 84.2 Å². The van der Waals surface area contributed by atoms with Crippen molar-refractivity contribution in [3.8, 4) is 11.5 Å². The minimum atomic E-state index is -0.0596. The van der Waals surface area contributed by atoms with Gasteiger partial charge in [-0.2, -0.15) is 0 Å². The van der Waals surface area contributed by atoms with E-state index in [2.05, 4.69) is 10.3 Å². The summed E-state index contributed by atoms with van der Waals surface area (Å²) in [5.74, 6) is 1.63. The molecule has 0 amide bonds. The van der Waals surface area contributed by atoms with Crippen LogP contribution >= 0.6 is 0 Å².